The third-order valence-electron chi connectivity index (χ3n) is 19.4. The lowest BCUT2D eigenvalue weighted by Gasteiger charge is -2.17. The number of alkyl halides is 3. The van der Waals surface area contributed by atoms with Gasteiger partial charge in [0.25, 0.3) is 22.2 Å². The molecule has 0 amide bonds. The highest BCUT2D eigenvalue weighted by Gasteiger charge is 2.34. The summed E-state index contributed by atoms with van der Waals surface area (Å²) in [5.74, 6) is 5.61. The Labute approximate surface area is 621 Å². The highest BCUT2D eigenvalue weighted by atomic mass is 35.5. The van der Waals surface area contributed by atoms with Gasteiger partial charge in [-0.2, -0.15) is 33.8 Å². The van der Waals surface area contributed by atoms with Gasteiger partial charge in [0.15, 0.2) is 23.0 Å². The summed E-state index contributed by atoms with van der Waals surface area (Å²) in [7, 11) is 0. The molecule has 14 aromatic rings. The Morgan fingerprint density at radius 2 is 0.806 bits per heavy atom. The summed E-state index contributed by atoms with van der Waals surface area (Å²) in [6.07, 6.45) is 3.94. The first-order valence-electron chi connectivity index (χ1n) is 35.4. The second kappa shape index (κ2) is 32.0. The fraction of sp³-hybridized carbons (Fsp3) is 0.172. The molecule has 21 heteroatoms. The smallest absolute Gasteiger partial charge is 0.416 e. The van der Waals surface area contributed by atoms with Gasteiger partial charge in [-0.05, 0) is 217 Å². The maximum atomic E-state index is 13.3. The molecule has 18 rings (SSSR count). The highest BCUT2D eigenvalue weighted by Crippen LogP contribution is 2.43. The number of ether oxygens (including phenoxy) is 5. The first-order chi connectivity index (χ1) is 52.6. The minimum Gasteiger partial charge on any atom is -0.489 e. The van der Waals surface area contributed by atoms with Gasteiger partial charge in [-0.3, -0.25) is 19.2 Å². The summed E-state index contributed by atoms with van der Waals surface area (Å²) in [6.45, 7) is -0.172. The zero-order valence-electron chi connectivity index (χ0n) is 57.9. The van der Waals surface area contributed by atoms with Gasteiger partial charge in [-0.25, -0.2) is 0 Å². The van der Waals surface area contributed by atoms with Crippen molar-refractivity contribution < 1.29 is 54.9 Å². The van der Waals surface area contributed by atoms with Gasteiger partial charge in [0, 0.05) is 38.4 Å². The van der Waals surface area contributed by atoms with E-state index in [0.29, 0.717) is 41.0 Å². The summed E-state index contributed by atoms with van der Waals surface area (Å²) < 4.78 is 90.9. The molecule has 4 aromatic heterocycles. The van der Waals surface area contributed by atoms with Crippen molar-refractivity contribution in [3.63, 3.8) is 0 Å². The molecule has 4 aliphatic rings. The summed E-state index contributed by atoms with van der Waals surface area (Å²) in [5, 5.41) is 9.92. The Morgan fingerprint density at radius 1 is 0.370 bits per heavy atom. The molecule has 4 atom stereocenters. The zero-order valence-corrected chi connectivity index (χ0v) is 58.7. The normalized spacial score (nSPS) is 15.7. The van der Waals surface area contributed by atoms with Crippen LogP contribution in [0.3, 0.4) is 0 Å². The number of nitrogens with one attached hydrogen (secondary N) is 4. The number of halogens is 4. The van der Waals surface area contributed by atoms with Crippen LogP contribution in [0.1, 0.15) is 117 Å². The molecular formula is C87H70ClF3N4O13. The predicted molar refractivity (Wildman–Crippen MR) is 402 cm³/mol. The Bertz CT molecular complexity index is 5680. The van der Waals surface area contributed by atoms with Crippen LogP contribution in [-0.4, -0.2) is 20.6 Å². The van der Waals surface area contributed by atoms with Crippen LogP contribution >= 0.6 is 11.6 Å². The molecule has 0 saturated heterocycles. The molecule has 17 nitrogen and oxygen atoms in total. The van der Waals surface area contributed by atoms with E-state index in [1.54, 1.807) is 36.4 Å². The number of H-pyrrole nitrogens is 4. The van der Waals surface area contributed by atoms with Gasteiger partial charge in [-0.1, -0.05) is 133 Å². The van der Waals surface area contributed by atoms with Crippen LogP contribution < -0.4 is 45.9 Å². The molecule has 0 aliphatic heterocycles. The third-order valence-corrected chi connectivity index (χ3v) is 19.6. The molecule has 4 unspecified atom stereocenters. The minimum atomic E-state index is -4.43. The number of hydrogen-bond donors (Lipinski definition) is 4. The standard InChI is InChI=1S/C26H20F3NO4.C25H21NO3.C18H14ClNO3.C18H15NO3/c27-26(28,29)21-6-2-1-4-17(21)15-32-22-7-3-5-19-20(22)12-13-23(19)33-18-10-8-16(9-11-18)24-14-25(31)30-34-24;27-25-16-24(29-26-25)18-9-11-20(12-10-18)28-23-14-13-21-19(7-4-8-22(21)23)15-17-5-2-1-3-6-17;19-13-4-7-15-12(9-13)3-8-16(15)22-14-5-1-11(2-6-14)17-10-18(21)20-23-17;20-18-11-17(22-19-18)13-5-3-6-14(10-13)21-16-9-8-12-4-1-2-7-15(12)16/h1-11,14,23H,12-13,15H2,(H,30,31);1-12,16,23H,13-15H2,(H,26,27);1-2,4-7,9-10,16H,3,8H2,(H,20,21);1-7,10-11,16H,8-9H2,(H,19,20). The van der Waals surface area contributed by atoms with E-state index in [9.17, 15) is 32.3 Å². The van der Waals surface area contributed by atoms with Crippen molar-refractivity contribution in [2.75, 3.05) is 0 Å². The summed E-state index contributed by atoms with van der Waals surface area (Å²) in [5.41, 5.74) is 14.0. The Kier molecular flexibility index (Phi) is 21.0. The van der Waals surface area contributed by atoms with E-state index in [1.807, 2.05) is 109 Å². The molecule has 0 radical (unpaired) electrons. The third kappa shape index (κ3) is 16.8. The van der Waals surface area contributed by atoms with E-state index in [2.05, 4.69) is 87.4 Å². The van der Waals surface area contributed by atoms with E-state index in [0.717, 1.165) is 113 Å². The van der Waals surface area contributed by atoms with Crippen molar-refractivity contribution in [3.8, 4) is 74.0 Å². The number of aryl methyl sites for hydroxylation is 2. The number of benzene rings is 10. The van der Waals surface area contributed by atoms with Crippen LogP contribution in [0.2, 0.25) is 5.02 Å². The van der Waals surface area contributed by atoms with E-state index < -0.39 is 11.7 Å². The van der Waals surface area contributed by atoms with E-state index in [1.165, 1.54) is 80.9 Å². The molecule has 544 valence electrons. The lowest BCUT2D eigenvalue weighted by Crippen LogP contribution is -2.11. The second-order valence-corrected chi connectivity index (χ2v) is 26.9. The number of fused-ring (bicyclic) bond motifs is 4. The van der Waals surface area contributed by atoms with Crippen LogP contribution in [0.15, 0.2) is 292 Å². The van der Waals surface area contributed by atoms with Gasteiger partial charge < -0.3 is 41.8 Å². The first kappa shape index (κ1) is 71.0. The second-order valence-electron chi connectivity index (χ2n) is 26.4. The molecule has 0 spiro atoms. The van der Waals surface area contributed by atoms with Gasteiger partial charge in [0.1, 0.15) is 59.8 Å². The monoisotopic (exact) mass is 1470 g/mol. The average Bonchev–Trinajstić information content (AvgIpc) is 1.64. The van der Waals surface area contributed by atoms with Gasteiger partial charge >= 0.3 is 6.18 Å². The molecule has 0 bridgehead atoms. The SMILES string of the molecule is O=c1cc(-c2ccc(OC3CCc4c(Cc5ccccc5)cccc43)cc2)o[nH]1.O=c1cc(-c2ccc(OC3CCc4c(OCc5ccccc5C(F)(F)F)cccc43)cc2)o[nH]1.O=c1cc(-c2ccc(OC3CCc4cc(Cl)ccc43)cc2)o[nH]1.O=c1cc(-c2cccc(OC3CCc4ccccc43)c2)o[nH]1. The average molecular weight is 1470 g/mol. The van der Waals surface area contributed by atoms with Crippen molar-refractivity contribution in [1.29, 1.82) is 0 Å². The summed E-state index contributed by atoms with van der Waals surface area (Å²) in [4.78, 5) is 44.8. The zero-order chi connectivity index (χ0) is 74.1. The van der Waals surface area contributed by atoms with Crippen LogP contribution in [-0.2, 0) is 44.9 Å². The Hall–Kier alpha value is -12.7. The maximum Gasteiger partial charge on any atom is 0.416 e. The van der Waals surface area contributed by atoms with Crippen molar-refractivity contribution in [2.24, 2.45) is 0 Å². The number of hydrogen-bond acceptors (Lipinski definition) is 13. The van der Waals surface area contributed by atoms with Crippen molar-refractivity contribution in [3.05, 3.63) is 368 Å². The van der Waals surface area contributed by atoms with Crippen molar-refractivity contribution >= 4 is 11.6 Å². The number of aromatic nitrogens is 4. The molecule has 108 heavy (non-hydrogen) atoms. The van der Waals surface area contributed by atoms with Crippen LogP contribution in [0, 0.1) is 0 Å². The van der Waals surface area contributed by atoms with Crippen LogP contribution in [0.5, 0.6) is 28.7 Å². The van der Waals surface area contributed by atoms with Gasteiger partial charge in [-0.15, -0.1) is 0 Å². The fourth-order valence-electron chi connectivity index (χ4n) is 14.2. The Balaban J connectivity index is 0.000000116. The first-order valence-corrected chi connectivity index (χ1v) is 35.7. The fourth-order valence-corrected chi connectivity index (χ4v) is 14.4. The minimum absolute atomic E-state index is 0.0540. The molecule has 10 aromatic carbocycles. The van der Waals surface area contributed by atoms with Crippen LogP contribution in [0.4, 0.5) is 13.2 Å². The number of aromatic amines is 4. The van der Waals surface area contributed by atoms with Gasteiger partial charge in [0.05, 0.1) is 29.8 Å². The van der Waals surface area contributed by atoms with Crippen LogP contribution in [0.25, 0.3) is 45.3 Å². The molecule has 0 fully saturated rings. The topological polar surface area (TPSA) is 230 Å². The predicted octanol–water partition coefficient (Wildman–Crippen LogP) is 19.6. The maximum absolute atomic E-state index is 13.3. The lowest BCUT2D eigenvalue weighted by molar-refractivity contribution is -0.138. The lowest BCUT2D eigenvalue weighted by atomic mass is 9.97. The van der Waals surface area contributed by atoms with E-state index in [4.69, 9.17) is 53.4 Å². The molecule has 4 aliphatic carbocycles. The Morgan fingerprint density at radius 3 is 1.36 bits per heavy atom. The van der Waals surface area contributed by atoms with Crippen molar-refractivity contribution in [1.82, 2.24) is 20.6 Å². The number of rotatable bonds is 17. The largest absolute Gasteiger partial charge is 0.489 e. The quantitative estimate of drug-likeness (QED) is 0.0666. The van der Waals surface area contributed by atoms with E-state index >= 15 is 0 Å². The molecular weight excluding hydrogens is 1400 g/mol. The molecule has 0 saturated carbocycles. The van der Waals surface area contributed by atoms with E-state index in [-0.39, 0.29) is 58.8 Å². The summed E-state index contributed by atoms with van der Waals surface area (Å²) in [6, 6.07) is 78.1. The van der Waals surface area contributed by atoms with Gasteiger partial charge in [0.2, 0.25) is 0 Å². The highest BCUT2D eigenvalue weighted by molar-refractivity contribution is 6.30. The van der Waals surface area contributed by atoms with Crippen molar-refractivity contribution in [2.45, 2.75) is 95.0 Å². The molecule has 4 heterocycles. The summed E-state index contributed by atoms with van der Waals surface area (Å²) >= 11 is 6.03. The molecule has 4 N–H and O–H groups in total.